The summed E-state index contributed by atoms with van der Waals surface area (Å²) < 4.78 is 30.5. The van der Waals surface area contributed by atoms with Gasteiger partial charge in [0.2, 0.25) is 17.7 Å². The van der Waals surface area contributed by atoms with Gasteiger partial charge in [-0.05, 0) is 45.1 Å². The second-order valence-electron chi connectivity index (χ2n) is 12.9. The number of amides is 2. The van der Waals surface area contributed by atoms with Crippen molar-refractivity contribution in [1.29, 1.82) is 0 Å². The zero-order valence-electron chi connectivity index (χ0n) is 27.7. The van der Waals surface area contributed by atoms with Crippen LogP contribution in [0.15, 0.2) is 86.3 Å². The summed E-state index contributed by atoms with van der Waals surface area (Å²) in [5.74, 6) is -0.234. The van der Waals surface area contributed by atoms with E-state index in [0.717, 1.165) is 32.4 Å². The summed E-state index contributed by atoms with van der Waals surface area (Å²) in [6.45, 7) is 3.88. The number of methoxy groups -OCH3 is 1. The van der Waals surface area contributed by atoms with Crippen LogP contribution in [0.4, 0.5) is 10.5 Å². The van der Waals surface area contributed by atoms with Gasteiger partial charge >= 0.3 is 12.1 Å². The number of rotatable bonds is 6. The summed E-state index contributed by atoms with van der Waals surface area (Å²) in [7, 11) is 1.26. The zero-order valence-corrected chi connectivity index (χ0v) is 29.3. The summed E-state index contributed by atoms with van der Waals surface area (Å²) >= 11 is 3.70. The standard InChI is InChI=1S/C37H32BrN5O8/c1-18(2)27-33-42-29(32-39-25(17-48-32)34(45)47-3)30(51-33)37-21-10-7-11-23(38)28(21)43-35(37)50-26-13-12-20(14-22(26)37)15-24(31(44)41-27)40-36(46)49-16-19-8-5-4-6-9-19/h4-14,17-18,24,27,35,43H,15-16H2,1-3H3,(H,40,46)(H,41,44)/t24-,27-,35?,37?/m0/s1. The number of benzene rings is 3. The van der Waals surface area contributed by atoms with E-state index in [1.54, 1.807) is 0 Å². The predicted molar refractivity (Wildman–Crippen MR) is 185 cm³/mol. The minimum Gasteiger partial charge on any atom is -0.469 e. The number of alkyl carbamates (subject to hydrolysis) is 1. The fourth-order valence-electron chi connectivity index (χ4n) is 6.97. The van der Waals surface area contributed by atoms with Gasteiger partial charge in [0.25, 0.3) is 0 Å². The molecule has 3 aliphatic rings. The monoisotopic (exact) mass is 753 g/mol. The Balaban J connectivity index is 1.30. The van der Waals surface area contributed by atoms with Crippen LogP contribution in [-0.4, -0.2) is 47.3 Å². The Morgan fingerprint density at radius 3 is 2.67 bits per heavy atom. The molecule has 3 aromatic carbocycles. The Morgan fingerprint density at radius 2 is 1.88 bits per heavy atom. The van der Waals surface area contributed by atoms with Crippen LogP contribution >= 0.6 is 15.9 Å². The fraction of sp³-hybridized carbons (Fsp3) is 0.270. The first-order valence-corrected chi connectivity index (χ1v) is 17.1. The number of hydrogen-bond donors (Lipinski definition) is 3. The minimum absolute atomic E-state index is 0.0194. The lowest BCUT2D eigenvalue weighted by Crippen LogP contribution is -2.49. The van der Waals surface area contributed by atoms with Gasteiger partial charge in [-0.15, -0.1) is 0 Å². The molecule has 0 aliphatic carbocycles. The van der Waals surface area contributed by atoms with Gasteiger partial charge in [0.1, 0.15) is 36.1 Å². The molecule has 260 valence electrons. The first-order valence-electron chi connectivity index (χ1n) is 16.4. The molecule has 5 aromatic rings. The highest BCUT2D eigenvalue weighted by atomic mass is 79.9. The summed E-state index contributed by atoms with van der Waals surface area (Å²) in [5.41, 5.74) is 2.98. The van der Waals surface area contributed by atoms with Crippen LogP contribution < -0.4 is 20.7 Å². The highest BCUT2D eigenvalue weighted by Gasteiger charge is 2.61. The highest BCUT2D eigenvalue weighted by molar-refractivity contribution is 9.10. The number of hydrogen-bond acceptors (Lipinski definition) is 11. The first kappa shape index (κ1) is 32.6. The van der Waals surface area contributed by atoms with Crippen LogP contribution in [0.3, 0.4) is 0 Å². The molecule has 2 unspecified atom stereocenters. The van der Waals surface area contributed by atoms with Crippen molar-refractivity contribution in [3.63, 3.8) is 0 Å². The molecule has 5 heterocycles. The number of para-hydroxylation sites is 1. The summed E-state index contributed by atoms with van der Waals surface area (Å²) in [4.78, 5) is 49.0. The molecular weight excluding hydrogens is 722 g/mol. The fourth-order valence-corrected chi connectivity index (χ4v) is 7.45. The van der Waals surface area contributed by atoms with Crippen molar-refractivity contribution in [3.05, 3.63) is 117 Å². The van der Waals surface area contributed by atoms with Crippen molar-refractivity contribution in [3.8, 4) is 17.3 Å². The molecule has 2 amide bonds. The molecule has 0 fully saturated rings. The summed E-state index contributed by atoms with van der Waals surface area (Å²) in [5, 5.41) is 9.38. The lowest BCUT2D eigenvalue weighted by molar-refractivity contribution is -0.124. The second-order valence-corrected chi connectivity index (χ2v) is 13.7. The molecule has 4 bridgehead atoms. The Kier molecular flexibility index (Phi) is 8.05. The van der Waals surface area contributed by atoms with Crippen molar-refractivity contribution >= 4 is 39.6 Å². The smallest absolute Gasteiger partial charge is 0.408 e. The van der Waals surface area contributed by atoms with Crippen molar-refractivity contribution in [2.75, 3.05) is 12.4 Å². The van der Waals surface area contributed by atoms with Gasteiger partial charge in [0.05, 0.1) is 12.8 Å². The number of oxazole rings is 2. The van der Waals surface area contributed by atoms with E-state index in [-0.39, 0.29) is 42.1 Å². The lowest BCUT2D eigenvalue weighted by Gasteiger charge is -2.28. The average molecular weight is 755 g/mol. The molecule has 8 rings (SSSR count). The van der Waals surface area contributed by atoms with E-state index in [9.17, 15) is 14.4 Å². The molecule has 51 heavy (non-hydrogen) atoms. The first-order chi connectivity index (χ1) is 24.7. The maximum absolute atomic E-state index is 14.1. The average Bonchev–Trinajstić information content (AvgIpc) is 3.91. The third kappa shape index (κ3) is 5.41. The van der Waals surface area contributed by atoms with Crippen LogP contribution in [0, 0.1) is 5.92 Å². The van der Waals surface area contributed by atoms with Crippen LogP contribution in [0.2, 0.25) is 0 Å². The molecule has 0 saturated heterocycles. The molecule has 0 saturated carbocycles. The predicted octanol–water partition coefficient (Wildman–Crippen LogP) is 6.02. The quantitative estimate of drug-likeness (QED) is 0.174. The molecule has 2 aromatic heterocycles. The normalized spacial score (nSPS) is 21.3. The lowest BCUT2D eigenvalue weighted by atomic mass is 9.72. The largest absolute Gasteiger partial charge is 0.469 e. The summed E-state index contributed by atoms with van der Waals surface area (Å²) in [6, 6.07) is 19.0. The molecule has 4 atom stereocenters. The molecule has 3 aliphatic heterocycles. The number of aromatic nitrogens is 2. The van der Waals surface area contributed by atoms with Gasteiger partial charge in [-0.3, -0.25) is 4.79 Å². The van der Waals surface area contributed by atoms with Gasteiger partial charge in [-0.25, -0.2) is 19.6 Å². The Morgan fingerprint density at radius 1 is 1.06 bits per heavy atom. The van der Waals surface area contributed by atoms with Crippen LogP contribution in [0.5, 0.6) is 5.75 Å². The van der Waals surface area contributed by atoms with Crippen molar-refractivity contribution in [2.45, 2.75) is 50.6 Å². The zero-order chi connectivity index (χ0) is 35.4. The van der Waals surface area contributed by atoms with E-state index in [0.29, 0.717) is 11.5 Å². The van der Waals surface area contributed by atoms with Gasteiger partial charge in [0, 0.05) is 22.0 Å². The van der Waals surface area contributed by atoms with Crippen LogP contribution in [-0.2, 0) is 32.7 Å². The highest BCUT2D eigenvalue weighted by Crippen LogP contribution is 2.60. The molecule has 1 spiro atoms. The van der Waals surface area contributed by atoms with Gasteiger partial charge < -0.3 is 39.0 Å². The topological polar surface area (TPSA) is 167 Å². The molecular formula is C37H32BrN5O8. The molecule has 0 radical (unpaired) electrons. The number of carbonyl (C=O) groups is 3. The molecule has 13 nitrogen and oxygen atoms in total. The van der Waals surface area contributed by atoms with Gasteiger partial charge in [-0.1, -0.05) is 68.4 Å². The van der Waals surface area contributed by atoms with E-state index in [1.807, 2.05) is 80.6 Å². The van der Waals surface area contributed by atoms with Crippen molar-refractivity contribution in [2.24, 2.45) is 5.92 Å². The number of halogens is 1. The van der Waals surface area contributed by atoms with E-state index in [1.165, 1.54) is 13.4 Å². The van der Waals surface area contributed by atoms with E-state index in [2.05, 4.69) is 36.9 Å². The van der Waals surface area contributed by atoms with E-state index in [4.69, 9.17) is 28.0 Å². The number of nitrogens with zero attached hydrogens (tertiary/aromatic N) is 2. The molecule has 3 N–H and O–H groups in total. The van der Waals surface area contributed by atoms with Crippen LogP contribution in [0.1, 0.15) is 64.3 Å². The number of nitrogens with one attached hydrogen (secondary N) is 3. The van der Waals surface area contributed by atoms with Gasteiger partial charge in [0.15, 0.2) is 23.4 Å². The van der Waals surface area contributed by atoms with E-state index < -0.39 is 41.7 Å². The van der Waals surface area contributed by atoms with Crippen LogP contribution in [0.25, 0.3) is 11.6 Å². The second kappa shape index (κ2) is 12.6. The molecule has 14 heteroatoms. The number of esters is 1. The maximum Gasteiger partial charge on any atom is 0.408 e. The van der Waals surface area contributed by atoms with E-state index >= 15 is 0 Å². The van der Waals surface area contributed by atoms with Crippen molar-refractivity contribution < 1.29 is 37.4 Å². The Bertz CT molecular complexity index is 2180. The Hall–Kier alpha value is -5.63. The summed E-state index contributed by atoms with van der Waals surface area (Å²) in [6.07, 6.45) is -0.0850. The maximum atomic E-state index is 14.1. The number of fused-ring (bicyclic) bond motifs is 4. The third-order valence-corrected chi connectivity index (χ3v) is 10.1. The van der Waals surface area contributed by atoms with Crippen molar-refractivity contribution in [1.82, 2.24) is 20.6 Å². The van der Waals surface area contributed by atoms with Gasteiger partial charge in [-0.2, -0.15) is 0 Å². The number of ether oxygens (including phenoxy) is 3. The Labute approximate surface area is 300 Å². The number of carbonyl (C=O) groups excluding carboxylic acids is 3. The SMILES string of the molecule is COC(=O)c1coc(-c2nc3oc2C24c5cc(ccc5OC2Nc2c(Br)cccc24)C[C@H](NC(=O)OCc2ccccc2)C(=O)N[C@H]3C(C)C)n1. The number of anilines is 1. The third-order valence-electron chi connectivity index (χ3n) is 9.42. The minimum atomic E-state index is -1.13.